The van der Waals surface area contributed by atoms with Gasteiger partial charge < -0.3 is 9.84 Å². The van der Waals surface area contributed by atoms with Crippen LogP contribution in [0.4, 0.5) is 0 Å². The minimum Gasteiger partial charge on any atom is -0.359 e. The number of piperidine rings is 1. The van der Waals surface area contributed by atoms with E-state index < -0.39 is 0 Å². The van der Waals surface area contributed by atoms with Gasteiger partial charge in [0.2, 0.25) is 0 Å². The maximum absolute atomic E-state index is 5.47. The van der Waals surface area contributed by atoms with Crippen molar-refractivity contribution >= 4 is 0 Å². The molecule has 0 radical (unpaired) electrons. The Morgan fingerprint density at radius 2 is 2.19 bits per heavy atom. The maximum atomic E-state index is 5.47. The van der Waals surface area contributed by atoms with E-state index >= 15 is 0 Å². The summed E-state index contributed by atoms with van der Waals surface area (Å²) < 4.78 is 5.47. The second-order valence-electron chi connectivity index (χ2n) is 5.95. The molecule has 1 aliphatic rings. The SMILES string of the molecule is CN(Cc1cc(-c2ccccc2)no1)CC1CCCNC1. The van der Waals surface area contributed by atoms with Crippen molar-refractivity contribution in [3.8, 4) is 11.3 Å². The maximum Gasteiger partial charge on any atom is 0.151 e. The van der Waals surface area contributed by atoms with E-state index in [1.165, 1.54) is 19.4 Å². The van der Waals surface area contributed by atoms with Crippen molar-refractivity contribution in [2.75, 3.05) is 26.7 Å². The summed E-state index contributed by atoms with van der Waals surface area (Å²) in [5, 5.41) is 7.64. The van der Waals surface area contributed by atoms with Crippen molar-refractivity contribution < 1.29 is 4.52 Å². The van der Waals surface area contributed by atoms with Crippen molar-refractivity contribution in [3.05, 3.63) is 42.2 Å². The minimum atomic E-state index is 0.750. The van der Waals surface area contributed by atoms with Gasteiger partial charge in [0, 0.05) is 18.2 Å². The Balaban J connectivity index is 1.56. The van der Waals surface area contributed by atoms with Crippen LogP contribution in [0.5, 0.6) is 0 Å². The first-order valence-corrected chi connectivity index (χ1v) is 7.71. The van der Waals surface area contributed by atoms with Crippen LogP contribution in [0.25, 0.3) is 11.3 Å². The first-order valence-electron chi connectivity index (χ1n) is 7.71. The van der Waals surface area contributed by atoms with E-state index in [0.717, 1.165) is 42.6 Å². The first kappa shape index (κ1) is 14.3. The Labute approximate surface area is 126 Å². The zero-order chi connectivity index (χ0) is 14.5. The summed E-state index contributed by atoms with van der Waals surface area (Å²) in [6.07, 6.45) is 2.61. The summed E-state index contributed by atoms with van der Waals surface area (Å²) in [5.74, 6) is 1.68. The first-order chi connectivity index (χ1) is 10.3. The van der Waals surface area contributed by atoms with Gasteiger partial charge in [-0.1, -0.05) is 35.5 Å². The van der Waals surface area contributed by atoms with E-state index in [1.54, 1.807) is 0 Å². The summed E-state index contributed by atoms with van der Waals surface area (Å²) in [4.78, 5) is 2.33. The quantitative estimate of drug-likeness (QED) is 0.917. The average Bonchev–Trinajstić information content (AvgIpc) is 2.97. The monoisotopic (exact) mass is 285 g/mol. The largest absolute Gasteiger partial charge is 0.359 e. The second-order valence-corrected chi connectivity index (χ2v) is 5.95. The van der Waals surface area contributed by atoms with Crippen molar-refractivity contribution in [2.24, 2.45) is 5.92 Å². The lowest BCUT2D eigenvalue weighted by Gasteiger charge is -2.26. The van der Waals surface area contributed by atoms with Gasteiger partial charge in [-0.3, -0.25) is 4.90 Å². The lowest BCUT2D eigenvalue weighted by molar-refractivity contribution is 0.216. The minimum absolute atomic E-state index is 0.750. The molecule has 21 heavy (non-hydrogen) atoms. The third-order valence-corrected chi connectivity index (χ3v) is 4.02. The van der Waals surface area contributed by atoms with Crippen molar-refractivity contribution in [1.82, 2.24) is 15.4 Å². The van der Waals surface area contributed by atoms with E-state index in [4.69, 9.17) is 4.52 Å². The highest BCUT2D eigenvalue weighted by Crippen LogP contribution is 2.20. The molecule has 4 nitrogen and oxygen atoms in total. The van der Waals surface area contributed by atoms with Crippen molar-refractivity contribution in [2.45, 2.75) is 19.4 Å². The molecule has 1 aromatic carbocycles. The molecule has 0 saturated carbocycles. The molecule has 4 heteroatoms. The highest BCUT2D eigenvalue weighted by Gasteiger charge is 2.16. The van der Waals surface area contributed by atoms with Crippen LogP contribution in [0.2, 0.25) is 0 Å². The Bertz CT molecular complexity index is 546. The molecule has 2 aromatic rings. The number of aromatic nitrogens is 1. The predicted molar refractivity (Wildman–Crippen MR) is 83.9 cm³/mol. The summed E-state index contributed by atoms with van der Waals surface area (Å²) >= 11 is 0. The smallest absolute Gasteiger partial charge is 0.151 e. The molecule has 0 bridgehead atoms. The van der Waals surface area contributed by atoms with E-state index in [9.17, 15) is 0 Å². The summed E-state index contributed by atoms with van der Waals surface area (Å²) in [6.45, 7) is 4.23. The van der Waals surface area contributed by atoms with Crippen molar-refractivity contribution in [1.29, 1.82) is 0 Å². The molecule has 3 rings (SSSR count). The summed E-state index contributed by atoms with van der Waals surface area (Å²) in [7, 11) is 2.15. The van der Waals surface area contributed by atoms with E-state index in [-0.39, 0.29) is 0 Å². The lowest BCUT2D eigenvalue weighted by atomic mass is 9.99. The van der Waals surface area contributed by atoms with Crippen LogP contribution in [0.1, 0.15) is 18.6 Å². The van der Waals surface area contributed by atoms with Gasteiger partial charge in [0.05, 0.1) is 6.54 Å². The van der Waals surface area contributed by atoms with Crippen LogP contribution in [-0.2, 0) is 6.54 Å². The van der Waals surface area contributed by atoms with E-state index in [1.807, 2.05) is 24.3 Å². The molecule has 0 aliphatic carbocycles. The van der Waals surface area contributed by atoms with Crippen LogP contribution in [0.15, 0.2) is 40.9 Å². The number of rotatable bonds is 5. The van der Waals surface area contributed by atoms with Crippen molar-refractivity contribution in [3.63, 3.8) is 0 Å². The third kappa shape index (κ3) is 3.93. The van der Waals surface area contributed by atoms with Crippen LogP contribution in [0.3, 0.4) is 0 Å². The molecule has 1 aliphatic heterocycles. The Morgan fingerprint density at radius 3 is 2.95 bits per heavy atom. The molecular formula is C17H23N3O. The standard InChI is InChI=1S/C17H23N3O/c1-20(12-14-6-5-9-18-11-14)13-16-10-17(19-21-16)15-7-3-2-4-8-15/h2-4,7-8,10,14,18H,5-6,9,11-13H2,1H3. The molecule has 0 amide bonds. The number of hydrogen-bond donors (Lipinski definition) is 1. The summed E-state index contributed by atoms with van der Waals surface area (Å²) in [6, 6.07) is 12.2. The molecule has 1 saturated heterocycles. The fourth-order valence-electron chi connectivity index (χ4n) is 2.98. The molecule has 112 valence electrons. The normalized spacial score (nSPS) is 19.0. The van der Waals surface area contributed by atoms with Crippen LogP contribution < -0.4 is 5.32 Å². The van der Waals surface area contributed by atoms with E-state index in [0.29, 0.717) is 0 Å². The third-order valence-electron chi connectivity index (χ3n) is 4.02. The number of nitrogens with one attached hydrogen (secondary N) is 1. The van der Waals surface area contributed by atoms with Crippen LogP contribution in [0, 0.1) is 5.92 Å². The van der Waals surface area contributed by atoms with Gasteiger partial charge in [0.15, 0.2) is 5.76 Å². The van der Waals surface area contributed by atoms with Gasteiger partial charge in [0.25, 0.3) is 0 Å². The number of hydrogen-bond acceptors (Lipinski definition) is 4. The zero-order valence-electron chi connectivity index (χ0n) is 12.6. The fourth-order valence-corrected chi connectivity index (χ4v) is 2.98. The highest BCUT2D eigenvalue weighted by molar-refractivity contribution is 5.58. The number of benzene rings is 1. The zero-order valence-corrected chi connectivity index (χ0v) is 12.6. The molecule has 1 aromatic heterocycles. The van der Waals surface area contributed by atoms with Gasteiger partial charge >= 0.3 is 0 Å². The van der Waals surface area contributed by atoms with Gasteiger partial charge in [-0.15, -0.1) is 0 Å². The van der Waals surface area contributed by atoms with Gasteiger partial charge in [-0.05, 0) is 38.9 Å². The fraction of sp³-hybridized carbons (Fsp3) is 0.471. The average molecular weight is 285 g/mol. The topological polar surface area (TPSA) is 41.3 Å². The molecule has 1 fully saturated rings. The van der Waals surface area contributed by atoms with Gasteiger partial charge in [-0.2, -0.15) is 0 Å². The van der Waals surface area contributed by atoms with E-state index in [2.05, 4.69) is 34.6 Å². The molecule has 1 atom stereocenters. The molecule has 2 heterocycles. The van der Waals surface area contributed by atoms with Crippen LogP contribution >= 0.6 is 0 Å². The second kappa shape index (κ2) is 6.87. The number of nitrogens with zero attached hydrogens (tertiary/aromatic N) is 2. The molecule has 1 N–H and O–H groups in total. The predicted octanol–water partition coefficient (Wildman–Crippen LogP) is 2.77. The molecule has 1 unspecified atom stereocenters. The Hall–Kier alpha value is -1.65. The highest BCUT2D eigenvalue weighted by atomic mass is 16.5. The molecular weight excluding hydrogens is 262 g/mol. The van der Waals surface area contributed by atoms with Crippen LogP contribution in [-0.4, -0.2) is 36.7 Å². The lowest BCUT2D eigenvalue weighted by Crippen LogP contribution is -2.36. The summed E-state index contributed by atoms with van der Waals surface area (Å²) in [5.41, 5.74) is 2.02. The van der Waals surface area contributed by atoms with Gasteiger partial charge in [-0.25, -0.2) is 0 Å². The Morgan fingerprint density at radius 1 is 1.33 bits per heavy atom. The molecule has 0 spiro atoms. The van der Waals surface area contributed by atoms with Gasteiger partial charge in [0.1, 0.15) is 5.69 Å². The Kier molecular flexibility index (Phi) is 4.68.